The summed E-state index contributed by atoms with van der Waals surface area (Å²) in [6.45, 7) is 6.06. The summed E-state index contributed by atoms with van der Waals surface area (Å²) in [6, 6.07) is 13.1. The van der Waals surface area contributed by atoms with Crippen LogP contribution in [0.4, 0.5) is 11.4 Å². The van der Waals surface area contributed by atoms with Crippen molar-refractivity contribution in [2.45, 2.75) is 39.7 Å². The summed E-state index contributed by atoms with van der Waals surface area (Å²) in [5.41, 5.74) is 4.86. The van der Waals surface area contributed by atoms with Crippen LogP contribution in [-0.4, -0.2) is 17.9 Å². The van der Waals surface area contributed by atoms with E-state index >= 15 is 0 Å². The Labute approximate surface area is 142 Å². The number of carbonyl (C=O) groups is 2. The highest BCUT2D eigenvalue weighted by Gasteiger charge is 2.40. The highest BCUT2D eigenvalue weighted by Crippen LogP contribution is 2.29. The second-order valence-corrected chi connectivity index (χ2v) is 6.27. The molecule has 0 unspecified atom stereocenters. The van der Waals surface area contributed by atoms with Gasteiger partial charge in [-0.15, -0.1) is 0 Å². The number of amides is 2. The smallest absolute Gasteiger partial charge is 0.256 e. The van der Waals surface area contributed by atoms with E-state index in [0.29, 0.717) is 5.69 Å². The molecule has 3 rings (SSSR count). The van der Waals surface area contributed by atoms with Gasteiger partial charge in [-0.3, -0.25) is 9.59 Å². The minimum atomic E-state index is -0.510. The summed E-state index contributed by atoms with van der Waals surface area (Å²) in [7, 11) is 0. The summed E-state index contributed by atoms with van der Waals surface area (Å²) in [4.78, 5) is 26.6. The predicted molar refractivity (Wildman–Crippen MR) is 96.3 cm³/mol. The van der Waals surface area contributed by atoms with Gasteiger partial charge in [-0.2, -0.15) is 0 Å². The first-order chi connectivity index (χ1) is 11.5. The number of rotatable bonds is 4. The van der Waals surface area contributed by atoms with Crippen LogP contribution in [0.3, 0.4) is 0 Å². The number of aryl methyl sites for hydroxylation is 3. The fourth-order valence-corrected chi connectivity index (χ4v) is 3.19. The Morgan fingerprint density at radius 3 is 2.58 bits per heavy atom. The monoisotopic (exact) mass is 322 g/mol. The van der Waals surface area contributed by atoms with Crippen LogP contribution in [0.15, 0.2) is 42.5 Å². The molecular formula is C20H22N2O2. The van der Waals surface area contributed by atoms with E-state index in [1.54, 1.807) is 0 Å². The van der Waals surface area contributed by atoms with Crippen molar-refractivity contribution in [3.05, 3.63) is 59.2 Å². The van der Waals surface area contributed by atoms with Gasteiger partial charge in [0, 0.05) is 5.69 Å². The summed E-state index contributed by atoms with van der Waals surface area (Å²) in [6.07, 6.45) is 0.965. The van der Waals surface area contributed by atoms with Gasteiger partial charge in [0.05, 0.1) is 12.1 Å². The van der Waals surface area contributed by atoms with Crippen LogP contribution in [-0.2, 0) is 16.0 Å². The van der Waals surface area contributed by atoms with Gasteiger partial charge < -0.3 is 5.32 Å². The van der Waals surface area contributed by atoms with Crippen LogP contribution in [0.2, 0.25) is 0 Å². The van der Waals surface area contributed by atoms with E-state index in [-0.39, 0.29) is 18.2 Å². The second-order valence-electron chi connectivity index (χ2n) is 6.27. The van der Waals surface area contributed by atoms with E-state index in [4.69, 9.17) is 0 Å². The average Bonchev–Trinajstić information content (AvgIpc) is 2.84. The van der Waals surface area contributed by atoms with Gasteiger partial charge >= 0.3 is 0 Å². The van der Waals surface area contributed by atoms with Crippen molar-refractivity contribution >= 4 is 23.2 Å². The summed E-state index contributed by atoms with van der Waals surface area (Å²) < 4.78 is 0. The molecule has 1 fully saturated rings. The highest BCUT2D eigenvalue weighted by atomic mass is 16.2. The first-order valence-corrected chi connectivity index (χ1v) is 8.29. The Morgan fingerprint density at radius 1 is 1.12 bits per heavy atom. The van der Waals surface area contributed by atoms with Crippen LogP contribution >= 0.6 is 0 Å². The largest absolute Gasteiger partial charge is 0.373 e. The Morgan fingerprint density at radius 2 is 1.88 bits per heavy atom. The average molecular weight is 322 g/mol. The minimum Gasteiger partial charge on any atom is -0.373 e. The van der Waals surface area contributed by atoms with Crippen molar-refractivity contribution in [2.75, 3.05) is 10.2 Å². The number of hydrogen-bond acceptors (Lipinski definition) is 3. The maximum absolute atomic E-state index is 12.8. The van der Waals surface area contributed by atoms with Crippen molar-refractivity contribution in [1.82, 2.24) is 0 Å². The summed E-state index contributed by atoms with van der Waals surface area (Å²) in [5, 5.41) is 3.24. The van der Waals surface area contributed by atoms with Crippen molar-refractivity contribution in [3.63, 3.8) is 0 Å². The second kappa shape index (κ2) is 6.48. The third-order valence-corrected chi connectivity index (χ3v) is 4.47. The number of anilines is 2. The van der Waals surface area contributed by atoms with E-state index in [1.165, 1.54) is 10.5 Å². The molecule has 2 aromatic carbocycles. The topological polar surface area (TPSA) is 49.4 Å². The number of carbonyl (C=O) groups excluding carboxylic acids is 2. The molecule has 124 valence electrons. The zero-order chi connectivity index (χ0) is 17.3. The molecule has 1 heterocycles. The van der Waals surface area contributed by atoms with Crippen LogP contribution in [0, 0.1) is 13.8 Å². The lowest BCUT2D eigenvalue weighted by Crippen LogP contribution is -2.35. The molecule has 1 atom stereocenters. The maximum Gasteiger partial charge on any atom is 0.256 e. The number of hydrogen-bond donors (Lipinski definition) is 1. The fourth-order valence-electron chi connectivity index (χ4n) is 3.19. The van der Waals surface area contributed by atoms with Crippen molar-refractivity contribution in [3.8, 4) is 0 Å². The third kappa shape index (κ3) is 2.92. The lowest BCUT2D eigenvalue weighted by atomic mass is 10.1. The molecule has 0 aliphatic carbocycles. The van der Waals surface area contributed by atoms with Gasteiger partial charge in [0.15, 0.2) is 0 Å². The normalized spacial score (nSPS) is 17.5. The lowest BCUT2D eigenvalue weighted by molar-refractivity contribution is -0.121. The molecule has 1 saturated heterocycles. The summed E-state index contributed by atoms with van der Waals surface area (Å²) >= 11 is 0. The van der Waals surface area contributed by atoms with Crippen LogP contribution < -0.4 is 10.2 Å². The van der Waals surface area contributed by atoms with Gasteiger partial charge in [0.1, 0.15) is 6.04 Å². The third-order valence-electron chi connectivity index (χ3n) is 4.47. The van der Waals surface area contributed by atoms with Crippen molar-refractivity contribution in [2.24, 2.45) is 0 Å². The molecule has 0 radical (unpaired) electrons. The molecule has 2 amide bonds. The molecule has 1 aliphatic heterocycles. The molecule has 4 nitrogen and oxygen atoms in total. The van der Waals surface area contributed by atoms with E-state index in [0.717, 1.165) is 23.2 Å². The Hall–Kier alpha value is -2.62. The highest BCUT2D eigenvalue weighted by molar-refractivity contribution is 6.23. The molecule has 0 aromatic heterocycles. The molecule has 2 aromatic rings. The van der Waals surface area contributed by atoms with Gasteiger partial charge in [-0.1, -0.05) is 42.8 Å². The molecule has 24 heavy (non-hydrogen) atoms. The van der Waals surface area contributed by atoms with Gasteiger partial charge in [0.2, 0.25) is 5.91 Å². The van der Waals surface area contributed by atoms with Crippen LogP contribution in [0.5, 0.6) is 0 Å². The Kier molecular flexibility index (Phi) is 4.38. The van der Waals surface area contributed by atoms with Crippen LogP contribution in [0.1, 0.15) is 30.0 Å². The van der Waals surface area contributed by atoms with Gasteiger partial charge in [0.25, 0.3) is 5.91 Å². The predicted octanol–water partition coefficient (Wildman–Crippen LogP) is 3.61. The SMILES string of the molecule is CCc1ccccc1N1C(=O)C[C@H](Nc2ccc(C)cc2C)C1=O. The zero-order valence-corrected chi connectivity index (χ0v) is 14.3. The fraction of sp³-hybridized carbons (Fsp3) is 0.300. The summed E-state index contributed by atoms with van der Waals surface area (Å²) in [5.74, 6) is -0.330. The number of benzene rings is 2. The van der Waals surface area contributed by atoms with E-state index in [2.05, 4.69) is 11.4 Å². The number of nitrogens with one attached hydrogen (secondary N) is 1. The molecular weight excluding hydrogens is 300 g/mol. The molecule has 1 aliphatic rings. The first-order valence-electron chi connectivity index (χ1n) is 8.29. The number of para-hydroxylation sites is 1. The zero-order valence-electron chi connectivity index (χ0n) is 14.3. The lowest BCUT2D eigenvalue weighted by Gasteiger charge is -2.19. The van der Waals surface area contributed by atoms with Crippen LogP contribution in [0.25, 0.3) is 0 Å². The van der Waals surface area contributed by atoms with E-state index in [9.17, 15) is 9.59 Å². The van der Waals surface area contributed by atoms with Gasteiger partial charge in [-0.25, -0.2) is 4.90 Å². The first kappa shape index (κ1) is 16.2. The molecule has 0 bridgehead atoms. The number of imide groups is 1. The van der Waals surface area contributed by atoms with Crippen molar-refractivity contribution in [1.29, 1.82) is 0 Å². The molecule has 0 spiro atoms. The quantitative estimate of drug-likeness (QED) is 0.875. The Bertz CT molecular complexity index is 798. The Balaban J connectivity index is 1.86. The molecule has 1 N–H and O–H groups in total. The maximum atomic E-state index is 12.8. The number of nitrogens with zero attached hydrogens (tertiary/aromatic N) is 1. The van der Waals surface area contributed by atoms with E-state index < -0.39 is 6.04 Å². The van der Waals surface area contributed by atoms with Gasteiger partial charge in [-0.05, 0) is 43.5 Å². The standard InChI is InChI=1S/C20H22N2O2/c1-4-15-7-5-6-8-18(15)22-19(23)12-17(20(22)24)21-16-10-9-13(2)11-14(16)3/h5-11,17,21H,4,12H2,1-3H3/t17-/m0/s1. The van der Waals surface area contributed by atoms with Crippen molar-refractivity contribution < 1.29 is 9.59 Å². The molecule has 0 saturated carbocycles. The minimum absolute atomic E-state index is 0.150. The van der Waals surface area contributed by atoms with E-state index in [1.807, 2.05) is 57.2 Å². The molecule has 4 heteroatoms.